The van der Waals surface area contributed by atoms with Crippen molar-refractivity contribution in [2.24, 2.45) is 0 Å². The molecule has 0 bridgehead atoms. The van der Waals surface area contributed by atoms with E-state index in [0.29, 0.717) is 11.5 Å². The van der Waals surface area contributed by atoms with Crippen LogP contribution in [0.1, 0.15) is 0 Å². The Morgan fingerprint density at radius 2 is 1.79 bits per heavy atom. The Bertz CT molecular complexity index is 994. The highest BCUT2D eigenvalue weighted by molar-refractivity contribution is 7.12. The van der Waals surface area contributed by atoms with Crippen LogP contribution in [0.5, 0.6) is 11.5 Å². The number of thiophene rings is 1. The first-order chi connectivity index (χ1) is 11.8. The molecule has 120 valence electrons. The zero-order valence-corrected chi connectivity index (χ0v) is 14.8. The van der Waals surface area contributed by atoms with E-state index < -0.39 is 0 Å². The summed E-state index contributed by atoms with van der Waals surface area (Å²) in [4.78, 5) is 5.77. The van der Waals surface area contributed by atoms with Crippen LogP contribution in [0.25, 0.3) is 32.6 Å². The fourth-order valence-electron chi connectivity index (χ4n) is 2.59. The van der Waals surface area contributed by atoms with Crippen molar-refractivity contribution in [2.75, 3.05) is 14.2 Å². The van der Waals surface area contributed by atoms with Gasteiger partial charge in [-0.2, -0.15) is 15.7 Å². The topological polar surface area (TPSA) is 44.2 Å². The Balaban J connectivity index is 1.79. The molecule has 0 saturated carbocycles. The lowest BCUT2D eigenvalue weighted by atomic mass is 10.1. The Morgan fingerprint density at radius 3 is 2.54 bits per heavy atom. The molecule has 0 amide bonds. The van der Waals surface area contributed by atoms with E-state index in [2.05, 4.69) is 32.3 Å². The minimum Gasteiger partial charge on any atom is -0.493 e. The summed E-state index contributed by atoms with van der Waals surface area (Å²) in [6.07, 6.45) is 1.88. The number of hydrogen-bond donors (Lipinski definition) is 0. The summed E-state index contributed by atoms with van der Waals surface area (Å²) >= 11 is 3.17. The van der Waals surface area contributed by atoms with Gasteiger partial charge in [0.15, 0.2) is 11.5 Å². The van der Waals surface area contributed by atoms with Gasteiger partial charge in [0, 0.05) is 17.3 Å². The maximum Gasteiger partial charge on any atom is 0.161 e. The Hall–Kier alpha value is -2.44. The number of rotatable bonds is 4. The second-order valence-electron chi connectivity index (χ2n) is 5.19. The van der Waals surface area contributed by atoms with Gasteiger partial charge in [-0.1, -0.05) is 6.07 Å². The maximum atomic E-state index is 5.38. The van der Waals surface area contributed by atoms with Crippen LogP contribution >= 0.6 is 22.9 Å². The summed E-state index contributed by atoms with van der Waals surface area (Å²) in [5.41, 5.74) is 5.06. The molecule has 6 heteroatoms. The van der Waals surface area contributed by atoms with Gasteiger partial charge in [-0.15, -0.1) is 0 Å². The van der Waals surface area contributed by atoms with Crippen LogP contribution in [0.2, 0.25) is 0 Å². The van der Waals surface area contributed by atoms with Crippen LogP contribution in [0.4, 0.5) is 0 Å². The second-order valence-corrected chi connectivity index (χ2v) is 6.74. The van der Waals surface area contributed by atoms with Crippen LogP contribution in [-0.4, -0.2) is 23.6 Å². The fraction of sp³-hybridized carbons (Fsp3) is 0.111. The van der Waals surface area contributed by atoms with Crippen molar-refractivity contribution in [1.82, 2.24) is 9.36 Å². The van der Waals surface area contributed by atoms with Gasteiger partial charge >= 0.3 is 0 Å². The molecular weight excluding hydrogens is 340 g/mol. The number of nitrogens with zero attached hydrogens (tertiary/aromatic N) is 2. The molecule has 4 aromatic rings. The fourth-order valence-corrected chi connectivity index (χ4v) is 4.12. The van der Waals surface area contributed by atoms with Gasteiger partial charge in [0.1, 0.15) is 11.0 Å². The molecule has 0 spiro atoms. The molecule has 0 atom stereocenters. The van der Waals surface area contributed by atoms with E-state index in [0.717, 1.165) is 27.0 Å². The van der Waals surface area contributed by atoms with E-state index in [1.54, 1.807) is 25.6 Å². The molecule has 3 aromatic heterocycles. The number of fused-ring (bicyclic) bond motifs is 1. The lowest BCUT2D eigenvalue weighted by molar-refractivity contribution is 0.355. The van der Waals surface area contributed by atoms with Gasteiger partial charge in [0.25, 0.3) is 0 Å². The molecule has 4 nitrogen and oxygen atoms in total. The first-order valence-electron chi connectivity index (χ1n) is 7.30. The summed E-state index contributed by atoms with van der Waals surface area (Å²) in [6.45, 7) is 0. The molecule has 0 unspecified atom stereocenters. The summed E-state index contributed by atoms with van der Waals surface area (Å²) in [5.74, 6) is 1.41. The van der Waals surface area contributed by atoms with Crippen molar-refractivity contribution in [1.29, 1.82) is 0 Å². The minimum atomic E-state index is 0.701. The summed E-state index contributed by atoms with van der Waals surface area (Å²) in [6, 6.07) is 10.0. The zero-order valence-electron chi connectivity index (χ0n) is 13.1. The molecule has 1 aromatic carbocycles. The first-order valence-corrected chi connectivity index (χ1v) is 9.02. The summed E-state index contributed by atoms with van der Waals surface area (Å²) in [7, 11) is 3.27. The standard InChI is InChI=1S/C18H14N2O2S2/c1-21-15-4-3-11(8-16(15)22-2)13-7-14-17(19-9-13)18(24-20-14)12-5-6-23-10-12/h3-10H,1-2H3. The Kier molecular flexibility index (Phi) is 3.92. The van der Waals surface area contributed by atoms with Gasteiger partial charge in [0.05, 0.1) is 19.1 Å². The zero-order chi connectivity index (χ0) is 16.5. The molecule has 0 N–H and O–H groups in total. The Labute approximate surface area is 147 Å². The highest BCUT2D eigenvalue weighted by Gasteiger charge is 2.12. The SMILES string of the molecule is COc1ccc(-c2cnc3c(-c4ccsc4)snc3c2)cc1OC. The van der Waals surface area contributed by atoms with E-state index in [1.165, 1.54) is 17.1 Å². The molecule has 0 fully saturated rings. The van der Waals surface area contributed by atoms with Crippen molar-refractivity contribution in [3.63, 3.8) is 0 Å². The molecule has 0 aliphatic rings. The molecule has 0 radical (unpaired) electrons. The third kappa shape index (κ3) is 2.53. The van der Waals surface area contributed by atoms with Gasteiger partial charge in [-0.3, -0.25) is 4.98 Å². The molecule has 0 aliphatic carbocycles. The third-order valence-corrected chi connectivity index (χ3v) is 5.40. The highest BCUT2D eigenvalue weighted by Crippen LogP contribution is 2.36. The van der Waals surface area contributed by atoms with Crippen LogP contribution in [0.3, 0.4) is 0 Å². The van der Waals surface area contributed by atoms with E-state index in [-0.39, 0.29) is 0 Å². The number of ether oxygens (including phenoxy) is 2. The third-order valence-electron chi connectivity index (χ3n) is 3.82. The van der Waals surface area contributed by atoms with Crippen molar-refractivity contribution in [3.8, 4) is 33.1 Å². The summed E-state index contributed by atoms with van der Waals surface area (Å²) in [5, 5.41) is 4.19. The lowest BCUT2D eigenvalue weighted by Crippen LogP contribution is -1.91. The van der Waals surface area contributed by atoms with Crippen molar-refractivity contribution in [3.05, 3.63) is 47.3 Å². The lowest BCUT2D eigenvalue weighted by Gasteiger charge is -2.09. The van der Waals surface area contributed by atoms with Crippen LogP contribution in [0, 0.1) is 0 Å². The van der Waals surface area contributed by atoms with E-state index in [4.69, 9.17) is 9.47 Å². The number of pyridine rings is 1. The average molecular weight is 354 g/mol. The normalized spacial score (nSPS) is 10.9. The number of aromatic nitrogens is 2. The van der Waals surface area contributed by atoms with Gasteiger partial charge in [-0.25, -0.2) is 0 Å². The molecule has 24 heavy (non-hydrogen) atoms. The Morgan fingerprint density at radius 1 is 0.917 bits per heavy atom. The average Bonchev–Trinajstić information content (AvgIpc) is 3.29. The quantitative estimate of drug-likeness (QED) is 0.511. The predicted molar refractivity (Wildman–Crippen MR) is 99.3 cm³/mol. The largest absolute Gasteiger partial charge is 0.493 e. The molecule has 0 aliphatic heterocycles. The molecule has 4 rings (SSSR count). The molecular formula is C18H14N2O2S2. The van der Waals surface area contributed by atoms with Crippen LogP contribution in [-0.2, 0) is 0 Å². The summed E-state index contributed by atoms with van der Waals surface area (Å²) < 4.78 is 15.2. The molecule has 0 saturated heterocycles. The van der Waals surface area contributed by atoms with Gasteiger partial charge < -0.3 is 9.47 Å². The van der Waals surface area contributed by atoms with Gasteiger partial charge in [0.2, 0.25) is 0 Å². The highest BCUT2D eigenvalue weighted by atomic mass is 32.1. The van der Waals surface area contributed by atoms with Crippen LogP contribution < -0.4 is 9.47 Å². The van der Waals surface area contributed by atoms with Crippen LogP contribution in [0.15, 0.2) is 47.3 Å². The van der Waals surface area contributed by atoms with E-state index >= 15 is 0 Å². The van der Waals surface area contributed by atoms with Crippen molar-refractivity contribution < 1.29 is 9.47 Å². The minimum absolute atomic E-state index is 0.701. The van der Waals surface area contributed by atoms with E-state index in [9.17, 15) is 0 Å². The first kappa shape index (κ1) is 15.1. The smallest absolute Gasteiger partial charge is 0.161 e. The predicted octanol–water partition coefficient (Wildman–Crippen LogP) is 5.10. The maximum absolute atomic E-state index is 5.38. The number of methoxy groups -OCH3 is 2. The monoisotopic (exact) mass is 354 g/mol. The number of hydrogen-bond acceptors (Lipinski definition) is 6. The molecule has 3 heterocycles. The second kappa shape index (κ2) is 6.22. The van der Waals surface area contributed by atoms with E-state index in [1.807, 2.05) is 24.4 Å². The number of benzene rings is 1. The van der Waals surface area contributed by atoms with Crippen molar-refractivity contribution in [2.45, 2.75) is 0 Å². The van der Waals surface area contributed by atoms with Gasteiger partial charge in [-0.05, 0) is 52.1 Å². The van der Waals surface area contributed by atoms with Crippen molar-refractivity contribution >= 4 is 33.9 Å².